The third-order valence-corrected chi connectivity index (χ3v) is 5.93. The van der Waals surface area contributed by atoms with E-state index >= 15 is 0 Å². The molecule has 4 aromatic heterocycles. The van der Waals surface area contributed by atoms with E-state index in [1.54, 1.807) is 55.4 Å². The fourth-order valence-corrected chi connectivity index (χ4v) is 3.88. The van der Waals surface area contributed by atoms with Crippen molar-refractivity contribution < 1.29 is 9.84 Å². The summed E-state index contributed by atoms with van der Waals surface area (Å²) in [6.45, 7) is 7.81. The second-order valence-electron chi connectivity index (χ2n) is 9.25. The van der Waals surface area contributed by atoms with Crippen LogP contribution in [0.3, 0.4) is 0 Å². The van der Waals surface area contributed by atoms with Crippen LogP contribution < -0.4 is 15.8 Å². The Morgan fingerprint density at radius 2 is 1.89 bits per heavy atom. The van der Waals surface area contributed by atoms with Crippen molar-refractivity contribution in [1.29, 1.82) is 0 Å². The quantitative estimate of drug-likeness (QED) is 0.276. The molecule has 0 spiro atoms. The predicted molar refractivity (Wildman–Crippen MR) is 142 cm³/mol. The number of rotatable bonds is 9. The van der Waals surface area contributed by atoms with Crippen LogP contribution in [0.1, 0.15) is 38.4 Å². The molecule has 0 amide bonds. The largest absolute Gasteiger partial charge is 0.474 e. The van der Waals surface area contributed by atoms with Crippen LogP contribution in [0.5, 0.6) is 5.88 Å². The van der Waals surface area contributed by atoms with E-state index in [1.807, 2.05) is 20.9 Å². The topological polar surface area (TPSA) is 150 Å². The number of pyridine rings is 1. The number of hydrogen-bond acceptors (Lipinski definition) is 10. The molecule has 11 nitrogen and oxygen atoms in total. The molecule has 37 heavy (non-hydrogen) atoms. The number of anilines is 2. The third-order valence-electron chi connectivity index (χ3n) is 5.72. The van der Waals surface area contributed by atoms with Gasteiger partial charge >= 0.3 is 0 Å². The number of nitrogens with two attached hydrogens (primary N) is 1. The Morgan fingerprint density at radius 3 is 2.57 bits per heavy atom. The number of nitrogens with one attached hydrogen (secondary N) is 1. The van der Waals surface area contributed by atoms with Crippen molar-refractivity contribution in [3.05, 3.63) is 53.3 Å². The minimum Gasteiger partial charge on any atom is -0.474 e. The number of nitrogens with zero attached hydrogens (tertiary/aromatic N) is 7. The summed E-state index contributed by atoms with van der Waals surface area (Å²) in [7, 11) is 1.82. The third kappa shape index (κ3) is 6.12. The van der Waals surface area contributed by atoms with Crippen LogP contribution in [0.2, 0.25) is 5.15 Å². The van der Waals surface area contributed by atoms with E-state index < -0.39 is 5.60 Å². The zero-order valence-corrected chi connectivity index (χ0v) is 22.2. The summed E-state index contributed by atoms with van der Waals surface area (Å²) < 4.78 is 7.94. The van der Waals surface area contributed by atoms with Gasteiger partial charge in [-0.15, -0.1) is 0 Å². The number of hydrogen-bond donors (Lipinski definition) is 3. The summed E-state index contributed by atoms with van der Waals surface area (Å²) >= 11 is 6.16. The summed E-state index contributed by atoms with van der Waals surface area (Å²) in [5, 5.41) is 18.4. The summed E-state index contributed by atoms with van der Waals surface area (Å²) in [5.74, 6) is 1.89. The lowest BCUT2D eigenvalue weighted by atomic mass is 10.0. The minimum atomic E-state index is -1.03. The van der Waals surface area contributed by atoms with Gasteiger partial charge in [-0.3, -0.25) is 0 Å². The highest BCUT2D eigenvalue weighted by Gasteiger charge is 2.22. The second kappa shape index (κ2) is 10.7. The number of aryl methyl sites for hydroxylation is 2. The highest BCUT2D eigenvalue weighted by Crippen LogP contribution is 2.32. The van der Waals surface area contributed by atoms with Crippen LogP contribution >= 0.6 is 11.6 Å². The number of ether oxygens (including phenoxy) is 1. The van der Waals surface area contributed by atoms with Gasteiger partial charge in [0.1, 0.15) is 16.5 Å². The maximum absolute atomic E-state index is 10.2. The predicted octanol–water partition coefficient (Wildman–Crippen LogP) is 3.77. The molecule has 0 aliphatic heterocycles. The van der Waals surface area contributed by atoms with Gasteiger partial charge in [-0.1, -0.05) is 11.6 Å². The molecule has 0 aliphatic rings. The molecule has 4 aromatic rings. The van der Waals surface area contributed by atoms with Gasteiger partial charge in [0.05, 0.1) is 23.0 Å². The Kier molecular flexibility index (Phi) is 7.55. The molecule has 0 radical (unpaired) electrons. The van der Waals surface area contributed by atoms with E-state index in [9.17, 15) is 5.11 Å². The van der Waals surface area contributed by atoms with Gasteiger partial charge in [0.25, 0.3) is 0 Å². The molecule has 4 N–H and O–H groups in total. The van der Waals surface area contributed by atoms with Gasteiger partial charge in [-0.05, 0) is 39.8 Å². The van der Waals surface area contributed by atoms with Crippen LogP contribution in [0.15, 0.2) is 36.9 Å². The van der Waals surface area contributed by atoms with Gasteiger partial charge in [0, 0.05) is 56.1 Å². The van der Waals surface area contributed by atoms with E-state index in [0.717, 1.165) is 11.4 Å². The number of aliphatic hydroxyl groups is 1. The molecular weight excluding hydrogens is 494 g/mol. The van der Waals surface area contributed by atoms with Crippen molar-refractivity contribution in [3.8, 4) is 28.7 Å². The monoisotopic (exact) mass is 523 g/mol. The number of aromatic nitrogens is 7. The summed E-state index contributed by atoms with van der Waals surface area (Å²) in [4.78, 5) is 21.7. The van der Waals surface area contributed by atoms with E-state index in [2.05, 4.69) is 35.3 Å². The average molecular weight is 524 g/mol. The summed E-state index contributed by atoms with van der Waals surface area (Å²) in [6.07, 6.45) is 6.95. The first-order chi connectivity index (χ1) is 17.5. The Hall–Kier alpha value is -3.83. The molecular formula is C25H30ClN9O2. The van der Waals surface area contributed by atoms with Gasteiger partial charge in [-0.25, -0.2) is 29.6 Å². The fourth-order valence-electron chi connectivity index (χ4n) is 3.72. The highest BCUT2D eigenvalue weighted by atomic mass is 35.5. The Balaban J connectivity index is 1.46. The van der Waals surface area contributed by atoms with E-state index in [0.29, 0.717) is 58.2 Å². The number of nitrogen functional groups attached to an aromatic ring is 1. The van der Waals surface area contributed by atoms with E-state index in [-0.39, 0.29) is 6.10 Å². The first-order valence-electron chi connectivity index (χ1n) is 11.8. The molecule has 0 aliphatic carbocycles. The van der Waals surface area contributed by atoms with Crippen molar-refractivity contribution in [2.45, 2.75) is 45.8 Å². The number of halogens is 1. The van der Waals surface area contributed by atoms with Crippen molar-refractivity contribution in [2.75, 3.05) is 17.6 Å². The Morgan fingerprint density at radius 1 is 1.16 bits per heavy atom. The minimum absolute atomic E-state index is 0.162. The summed E-state index contributed by atoms with van der Waals surface area (Å²) in [6, 6.07) is 3.37. The van der Waals surface area contributed by atoms with Gasteiger partial charge in [0.15, 0.2) is 11.6 Å². The smallest absolute Gasteiger partial charge is 0.223 e. The zero-order valence-electron chi connectivity index (χ0n) is 21.4. The maximum Gasteiger partial charge on any atom is 0.223 e. The lowest BCUT2D eigenvalue weighted by Gasteiger charge is -2.18. The summed E-state index contributed by atoms with van der Waals surface area (Å²) in [5.41, 5.74) is 8.35. The zero-order chi connectivity index (χ0) is 26.7. The van der Waals surface area contributed by atoms with Crippen molar-refractivity contribution in [1.82, 2.24) is 34.7 Å². The van der Waals surface area contributed by atoms with Gasteiger partial charge in [0.2, 0.25) is 5.88 Å². The molecule has 194 valence electrons. The molecule has 0 bridgehead atoms. The lowest BCUT2D eigenvalue weighted by molar-refractivity contribution is 0.0778. The molecule has 12 heteroatoms. The highest BCUT2D eigenvalue weighted by molar-refractivity contribution is 6.29. The molecule has 1 atom stereocenters. The molecule has 4 heterocycles. The van der Waals surface area contributed by atoms with Gasteiger partial charge in [-0.2, -0.15) is 5.10 Å². The van der Waals surface area contributed by atoms with Crippen LogP contribution in [-0.2, 0) is 12.6 Å². The fraction of sp³-hybridized carbons (Fsp3) is 0.360. The van der Waals surface area contributed by atoms with Crippen LogP contribution in [-0.4, -0.2) is 52.5 Å². The van der Waals surface area contributed by atoms with E-state index in [1.165, 1.54) is 0 Å². The standard InChI is InChI=1S/C25H30ClN9O2/c1-14(37-24-21(15(2)34-35(24)5)23-29-9-7-20(27)33-23)6-8-28-18-10-19(26)30-13-17(18)22-31-11-16(12-32-22)25(3,4)36/h7,9-14,36H,6,8H2,1-5H3,(H,28,30)(H2,27,29,33)/t14-/m1/s1. The van der Waals surface area contributed by atoms with Crippen molar-refractivity contribution in [2.24, 2.45) is 7.05 Å². The SMILES string of the molecule is Cc1nn(C)c(O[C@H](C)CCNc2cc(Cl)ncc2-c2ncc(C(C)(C)O)cn2)c1-c1nccc(N)n1. The lowest BCUT2D eigenvalue weighted by Crippen LogP contribution is -2.19. The van der Waals surface area contributed by atoms with Gasteiger partial charge < -0.3 is 20.9 Å². The molecule has 0 saturated heterocycles. The van der Waals surface area contributed by atoms with Crippen molar-refractivity contribution in [3.63, 3.8) is 0 Å². The molecule has 4 rings (SSSR count). The first kappa shape index (κ1) is 26.2. The average Bonchev–Trinajstić information content (AvgIpc) is 3.11. The van der Waals surface area contributed by atoms with Crippen LogP contribution in [0, 0.1) is 6.92 Å². The normalized spacial score (nSPS) is 12.4. The second-order valence-corrected chi connectivity index (χ2v) is 9.63. The Bertz CT molecular complexity index is 1380. The van der Waals surface area contributed by atoms with Crippen molar-refractivity contribution >= 4 is 23.1 Å². The molecule has 0 aromatic carbocycles. The Labute approximate surface area is 220 Å². The maximum atomic E-state index is 10.2. The van der Waals surface area contributed by atoms with Crippen LogP contribution in [0.4, 0.5) is 11.5 Å². The van der Waals surface area contributed by atoms with Crippen LogP contribution in [0.25, 0.3) is 22.8 Å². The molecule has 0 fully saturated rings. The van der Waals surface area contributed by atoms with E-state index in [4.69, 9.17) is 22.1 Å². The first-order valence-corrected chi connectivity index (χ1v) is 12.1. The molecule has 0 saturated carbocycles. The molecule has 0 unspecified atom stereocenters.